The van der Waals surface area contributed by atoms with Crippen LogP contribution in [0, 0.1) is 6.92 Å². The van der Waals surface area contributed by atoms with Gasteiger partial charge in [0.05, 0.1) is 0 Å². The van der Waals surface area contributed by atoms with Crippen LogP contribution in [0.15, 0.2) is 42.5 Å². The topological polar surface area (TPSA) is 59.6 Å². The van der Waals surface area contributed by atoms with E-state index in [0.29, 0.717) is 13.0 Å². The van der Waals surface area contributed by atoms with Crippen molar-refractivity contribution in [3.63, 3.8) is 0 Å². The minimum absolute atomic E-state index is 0.0115. The van der Waals surface area contributed by atoms with E-state index in [1.165, 1.54) is 0 Å². The lowest BCUT2D eigenvalue weighted by molar-refractivity contribution is -0.115. The van der Waals surface area contributed by atoms with Crippen LogP contribution in [0.1, 0.15) is 12.0 Å². The first-order chi connectivity index (χ1) is 10.7. The lowest BCUT2D eigenvalue weighted by Crippen LogP contribution is -2.16. The lowest BCUT2D eigenvalue weighted by atomic mass is 10.2. The fraction of sp³-hybridized carbons (Fsp3) is 0.235. The summed E-state index contributed by atoms with van der Waals surface area (Å²) in [5.74, 6) is 1.47. The first-order valence-corrected chi connectivity index (χ1v) is 7.21. The van der Waals surface area contributed by atoms with Gasteiger partial charge in [-0.15, -0.1) is 0 Å². The molecule has 2 aromatic rings. The van der Waals surface area contributed by atoms with Crippen LogP contribution in [0.25, 0.3) is 0 Å². The molecule has 1 amide bonds. The Morgan fingerprint density at radius 2 is 1.95 bits per heavy atom. The molecule has 0 bridgehead atoms. The molecule has 0 atom stereocenters. The van der Waals surface area contributed by atoms with Crippen LogP contribution in [0.5, 0.6) is 11.5 Å². The van der Waals surface area contributed by atoms with E-state index in [0.717, 1.165) is 28.4 Å². The monoisotopic (exact) mass is 298 g/mol. The third-order valence-electron chi connectivity index (χ3n) is 3.47. The molecule has 0 radical (unpaired) electrons. The van der Waals surface area contributed by atoms with Gasteiger partial charge in [-0.3, -0.25) is 4.79 Å². The molecule has 0 fully saturated rings. The average Bonchev–Trinajstić information content (AvgIpc) is 2.97. The number of rotatable bonds is 5. The fourth-order valence-corrected chi connectivity index (χ4v) is 2.25. The second-order valence-electron chi connectivity index (χ2n) is 5.11. The molecule has 114 valence electrons. The molecular formula is C17H18N2O3. The van der Waals surface area contributed by atoms with Crippen molar-refractivity contribution < 1.29 is 14.3 Å². The van der Waals surface area contributed by atoms with E-state index in [1.807, 2.05) is 49.4 Å². The summed E-state index contributed by atoms with van der Waals surface area (Å²) >= 11 is 0. The van der Waals surface area contributed by atoms with E-state index in [9.17, 15) is 4.79 Å². The Morgan fingerprint density at radius 1 is 1.14 bits per heavy atom. The van der Waals surface area contributed by atoms with Crippen molar-refractivity contribution in [3.05, 3.63) is 48.0 Å². The number of carbonyl (C=O) groups excluding carboxylic acids is 1. The van der Waals surface area contributed by atoms with E-state index >= 15 is 0 Å². The van der Waals surface area contributed by atoms with Gasteiger partial charge in [0.15, 0.2) is 11.5 Å². The number of ether oxygens (including phenoxy) is 2. The summed E-state index contributed by atoms with van der Waals surface area (Å²) in [6.07, 6.45) is 0.392. The fourth-order valence-electron chi connectivity index (χ4n) is 2.25. The van der Waals surface area contributed by atoms with Gasteiger partial charge in [0.1, 0.15) is 0 Å². The normalized spacial score (nSPS) is 12.0. The van der Waals surface area contributed by atoms with Gasteiger partial charge in [0, 0.05) is 30.4 Å². The molecule has 0 aromatic heterocycles. The summed E-state index contributed by atoms with van der Waals surface area (Å²) in [5.41, 5.74) is 2.82. The summed E-state index contributed by atoms with van der Waals surface area (Å²) in [7, 11) is 0. The molecule has 0 saturated heterocycles. The predicted molar refractivity (Wildman–Crippen MR) is 85.5 cm³/mol. The Hall–Kier alpha value is -2.69. The SMILES string of the molecule is Cc1ccccc1NC(=O)CCNc1ccc2c(c1)OCO2. The highest BCUT2D eigenvalue weighted by atomic mass is 16.7. The Balaban J connectivity index is 1.49. The van der Waals surface area contributed by atoms with E-state index in [2.05, 4.69) is 10.6 Å². The number of hydrogen-bond donors (Lipinski definition) is 2. The molecule has 0 saturated carbocycles. The molecule has 2 N–H and O–H groups in total. The molecule has 1 aliphatic heterocycles. The van der Waals surface area contributed by atoms with Gasteiger partial charge in [0.25, 0.3) is 0 Å². The third kappa shape index (κ3) is 3.31. The van der Waals surface area contributed by atoms with Crippen molar-refractivity contribution >= 4 is 17.3 Å². The molecule has 1 aliphatic rings. The molecule has 0 spiro atoms. The number of amides is 1. The number of fused-ring (bicyclic) bond motifs is 1. The standard InChI is InChI=1S/C17H18N2O3/c1-12-4-2-3-5-14(12)19-17(20)8-9-18-13-6-7-15-16(10-13)22-11-21-15/h2-7,10,18H,8-9,11H2,1H3,(H,19,20). The molecule has 0 unspecified atom stereocenters. The molecule has 0 aliphatic carbocycles. The van der Waals surface area contributed by atoms with E-state index in [4.69, 9.17) is 9.47 Å². The maximum atomic E-state index is 11.9. The van der Waals surface area contributed by atoms with Gasteiger partial charge in [0.2, 0.25) is 12.7 Å². The molecular weight excluding hydrogens is 280 g/mol. The van der Waals surface area contributed by atoms with Crippen molar-refractivity contribution in [2.75, 3.05) is 24.0 Å². The smallest absolute Gasteiger partial charge is 0.231 e. The van der Waals surface area contributed by atoms with Gasteiger partial charge >= 0.3 is 0 Å². The Labute approximate surface area is 129 Å². The Kier molecular flexibility index (Phi) is 4.14. The Morgan fingerprint density at radius 3 is 2.82 bits per heavy atom. The average molecular weight is 298 g/mol. The van der Waals surface area contributed by atoms with Crippen molar-refractivity contribution in [1.82, 2.24) is 0 Å². The van der Waals surface area contributed by atoms with Crippen LogP contribution in [-0.4, -0.2) is 19.2 Å². The van der Waals surface area contributed by atoms with Gasteiger partial charge in [-0.2, -0.15) is 0 Å². The summed E-state index contributed by atoms with van der Waals surface area (Å²) in [4.78, 5) is 11.9. The molecule has 1 heterocycles. The first kappa shape index (κ1) is 14.3. The van der Waals surface area contributed by atoms with Crippen LogP contribution in [0.2, 0.25) is 0 Å². The zero-order chi connectivity index (χ0) is 15.4. The number of benzene rings is 2. The summed E-state index contributed by atoms with van der Waals surface area (Å²) < 4.78 is 10.6. The Bertz CT molecular complexity index is 685. The minimum Gasteiger partial charge on any atom is -0.454 e. The van der Waals surface area contributed by atoms with Crippen molar-refractivity contribution in [2.45, 2.75) is 13.3 Å². The van der Waals surface area contributed by atoms with Crippen LogP contribution in [0.4, 0.5) is 11.4 Å². The highest BCUT2D eigenvalue weighted by molar-refractivity contribution is 5.91. The number of hydrogen-bond acceptors (Lipinski definition) is 4. The number of carbonyl (C=O) groups is 1. The van der Waals surface area contributed by atoms with Crippen LogP contribution in [-0.2, 0) is 4.79 Å². The van der Waals surface area contributed by atoms with Gasteiger partial charge in [-0.25, -0.2) is 0 Å². The van der Waals surface area contributed by atoms with Gasteiger partial charge in [-0.1, -0.05) is 18.2 Å². The lowest BCUT2D eigenvalue weighted by Gasteiger charge is -2.09. The molecule has 2 aromatic carbocycles. The van der Waals surface area contributed by atoms with E-state index in [-0.39, 0.29) is 12.7 Å². The van der Waals surface area contributed by atoms with E-state index < -0.39 is 0 Å². The number of para-hydroxylation sites is 1. The molecule has 5 nitrogen and oxygen atoms in total. The molecule has 5 heteroatoms. The third-order valence-corrected chi connectivity index (χ3v) is 3.47. The highest BCUT2D eigenvalue weighted by Gasteiger charge is 2.13. The summed E-state index contributed by atoms with van der Waals surface area (Å²) in [5, 5.41) is 6.12. The van der Waals surface area contributed by atoms with Crippen molar-refractivity contribution in [3.8, 4) is 11.5 Å². The van der Waals surface area contributed by atoms with Gasteiger partial charge in [-0.05, 0) is 30.7 Å². The second-order valence-corrected chi connectivity index (χ2v) is 5.11. The van der Waals surface area contributed by atoms with Gasteiger partial charge < -0.3 is 20.1 Å². The maximum absolute atomic E-state index is 11.9. The van der Waals surface area contributed by atoms with Crippen LogP contribution in [0.3, 0.4) is 0 Å². The quantitative estimate of drug-likeness (QED) is 0.890. The molecule has 3 rings (SSSR count). The minimum atomic E-state index is -0.0115. The van der Waals surface area contributed by atoms with Crippen molar-refractivity contribution in [2.24, 2.45) is 0 Å². The summed E-state index contributed by atoms with van der Waals surface area (Å²) in [6, 6.07) is 13.4. The largest absolute Gasteiger partial charge is 0.454 e. The zero-order valence-electron chi connectivity index (χ0n) is 12.4. The van der Waals surface area contributed by atoms with Crippen LogP contribution >= 0.6 is 0 Å². The maximum Gasteiger partial charge on any atom is 0.231 e. The first-order valence-electron chi connectivity index (χ1n) is 7.21. The second kappa shape index (κ2) is 6.39. The van der Waals surface area contributed by atoms with Crippen molar-refractivity contribution in [1.29, 1.82) is 0 Å². The summed E-state index contributed by atoms with van der Waals surface area (Å²) in [6.45, 7) is 2.79. The van der Waals surface area contributed by atoms with E-state index in [1.54, 1.807) is 0 Å². The zero-order valence-corrected chi connectivity index (χ0v) is 12.4. The van der Waals surface area contributed by atoms with Crippen LogP contribution < -0.4 is 20.1 Å². The highest BCUT2D eigenvalue weighted by Crippen LogP contribution is 2.34. The number of aryl methyl sites for hydroxylation is 1. The number of nitrogens with one attached hydrogen (secondary N) is 2. The predicted octanol–water partition coefficient (Wildman–Crippen LogP) is 3.16. The molecule has 22 heavy (non-hydrogen) atoms. The number of anilines is 2.